The van der Waals surface area contributed by atoms with Crippen LogP contribution in [0.3, 0.4) is 0 Å². The quantitative estimate of drug-likeness (QED) is 0.451. The molecule has 0 aromatic heterocycles. The Labute approximate surface area is 92.7 Å². The number of rotatable bonds is 0. The molecular formula is C13H22O2. The Balaban J connectivity index is 2.21. The van der Waals surface area contributed by atoms with Gasteiger partial charge in [0.15, 0.2) is 0 Å². The lowest BCUT2D eigenvalue weighted by atomic mass is 10.1. The van der Waals surface area contributed by atoms with Crippen LogP contribution in [0.5, 0.6) is 0 Å². The maximum absolute atomic E-state index is 11.2. The van der Waals surface area contributed by atoms with Gasteiger partial charge in [-0.25, -0.2) is 0 Å². The van der Waals surface area contributed by atoms with Gasteiger partial charge in [0.05, 0.1) is 6.61 Å². The molecule has 0 aliphatic carbocycles. The smallest absolute Gasteiger partial charge is 0.305 e. The number of carbonyl (C=O) groups excluding carboxylic acids is 1. The SMILES string of the molecule is O=C1CCCC/C=C/CCCCCCO1. The van der Waals surface area contributed by atoms with Crippen LogP contribution in [0.2, 0.25) is 0 Å². The van der Waals surface area contributed by atoms with Crippen molar-refractivity contribution in [3.05, 3.63) is 12.2 Å². The molecule has 0 unspecified atom stereocenters. The predicted molar refractivity (Wildman–Crippen MR) is 61.7 cm³/mol. The van der Waals surface area contributed by atoms with Crippen LogP contribution in [-0.2, 0) is 9.53 Å². The molecule has 0 aromatic rings. The molecule has 1 aliphatic rings. The summed E-state index contributed by atoms with van der Waals surface area (Å²) in [6.07, 6.45) is 14.2. The molecule has 0 amide bonds. The molecule has 0 saturated heterocycles. The van der Waals surface area contributed by atoms with Gasteiger partial charge < -0.3 is 4.74 Å². The van der Waals surface area contributed by atoms with Gasteiger partial charge in [0.2, 0.25) is 0 Å². The summed E-state index contributed by atoms with van der Waals surface area (Å²) < 4.78 is 5.13. The number of hydrogen-bond acceptors (Lipinski definition) is 2. The van der Waals surface area contributed by atoms with E-state index < -0.39 is 0 Å². The van der Waals surface area contributed by atoms with Gasteiger partial charge >= 0.3 is 5.97 Å². The molecule has 0 N–H and O–H groups in total. The summed E-state index contributed by atoms with van der Waals surface area (Å²) >= 11 is 0. The molecule has 15 heavy (non-hydrogen) atoms. The molecule has 0 radical (unpaired) electrons. The molecule has 0 saturated carbocycles. The van der Waals surface area contributed by atoms with E-state index >= 15 is 0 Å². The van der Waals surface area contributed by atoms with Gasteiger partial charge in [0.1, 0.15) is 0 Å². The first-order chi connectivity index (χ1) is 7.39. The van der Waals surface area contributed by atoms with E-state index in [0.29, 0.717) is 13.0 Å². The van der Waals surface area contributed by atoms with Gasteiger partial charge in [-0.2, -0.15) is 0 Å². The highest BCUT2D eigenvalue weighted by Crippen LogP contribution is 2.08. The van der Waals surface area contributed by atoms with Gasteiger partial charge in [-0.3, -0.25) is 4.79 Å². The lowest BCUT2D eigenvalue weighted by Crippen LogP contribution is -2.05. The monoisotopic (exact) mass is 210 g/mol. The molecular weight excluding hydrogens is 188 g/mol. The molecule has 1 heterocycles. The Morgan fingerprint density at radius 1 is 0.867 bits per heavy atom. The predicted octanol–water partition coefficient (Wildman–Crippen LogP) is 3.61. The Kier molecular flexibility index (Phi) is 6.97. The van der Waals surface area contributed by atoms with Gasteiger partial charge in [-0.15, -0.1) is 0 Å². The molecule has 0 bridgehead atoms. The fourth-order valence-corrected chi connectivity index (χ4v) is 1.74. The summed E-state index contributed by atoms with van der Waals surface area (Å²) in [5.41, 5.74) is 0. The van der Waals surface area contributed by atoms with Gasteiger partial charge in [0.25, 0.3) is 0 Å². The van der Waals surface area contributed by atoms with Crippen LogP contribution in [0, 0.1) is 0 Å². The fourth-order valence-electron chi connectivity index (χ4n) is 1.74. The maximum Gasteiger partial charge on any atom is 0.305 e. The minimum Gasteiger partial charge on any atom is -0.466 e. The largest absolute Gasteiger partial charge is 0.466 e. The zero-order valence-corrected chi connectivity index (χ0v) is 9.54. The van der Waals surface area contributed by atoms with Crippen molar-refractivity contribution in [1.29, 1.82) is 0 Å². The first-order valence-corrected chi connectivity index (χ1v) is 6.20. The van der Waals surface area contributed by atoms with Crippen molar-refractivity contribution in [3.8, 4) is 0 Å². The first-order valence-electron chi connectivity index (χ1n) is 6.20. The molecule has 0 fully saturated rings. The Hall–Kier alpha value is -0.790. The third kappa shape index (κ3) is 7.18. The average Bonchev–Trinajstić information content (AvgIpc) is 2.24. The number of carbonyl (C=O) groups is 1. The zero-order chi connectivity index (χ0) is 10.8. The third-order valence-corrected chi connectivity index (χ3v) is 2.70. The van der Waals surface area contributed by atoms with Crippen LogP contribution in [0.25, 0.3) is 0 Å². The number of allylic oxidation sites excluding steroid dienone is 2. The second kappa shape index (κ2) is 8.51. The van der Waals surface area contributed by atoms with Crippen LogP contribution in [0.4, 0.5) is 0 Å². The van der Waals surface area contributed by atoms with E-state index in [-0.39, 0.29) is 5.97 Å². The van der Waals surface area contributed by atoms with Gasteiger partial charge in [-0.1, -0.05) is 25.0 Å². The van der Waals surface area contributed by atoms with Gasteiger partial charge in [0, 0.05) is 6.42 Å². The maximum atomic E-state index is 11.2. The van der Waals surface area contributed by atoms with E-state index in [9.17, 15) is 4.79 Å². The normalized spacial score (nSPS) is 23.9. The summed E-state index contributed by atoms with van der Waals surface area (Å²) in [7, 11) is 0. The number of esters is 1. The lowest BCUT2D eigenvalue weighted by Gasteiger charge is -2.05. The fraction of sp³-hybridized carbons (Fsp3) is 0.769. The molecule has 2 nitrogen and oxygen atoms in total. The molecule has 1 aliphatic heterocycles. The average molecular weight is 210 g/mol. The highest BCUT2D eigenvalue weighted by Gasteiger charge is 2.02. The second-order valence-corrected chi connectivity index (χ2v) is 4.14. The van der Waals surface area contributed by atoms with E-state index in [4.69, 9.17) is 4.74 Å². The Bertz CT molecular complexity index is 197. The Morgan fingerprint density at radius 2 is 1.53 bits per heavy atom. The van der Waals surface area contributed by atoms with E-state index in [1.807, 2.05) is 0 Å². The van der Waals surface area contributed by atoms with Crippen LogP contribution >= 0.6 is 0 Å². The van der Waals surface area contributed by atoms with Crippen molar-refractivity contribution in [3.63, 3.8) is 0 Å². The molecule has 0 spiro atoms. The topological polar surface area (TPSA) is 26.3 Å². The van der Waals surface area contributed by atoms with E-state index in [0.717, 1.165) is 25.7 Å². The van der Waals surface area contributed by atoms with Crippen molar-refractivity contribution in [2.45, 2.75) is 57.8 Å². The minimum absolute atomic E-state index is 0.0176. The van der Waals surface area contributed by atoms with Crippen LogP contribution in [-0.4, -0.2) is 12.6 Å². The van der Waals surface area contributed by atoms with E-state index in [1.165, 1.54) is 25.7 Å². The number of cyclic esters (lactones) is 1. The van der Waals surface area contributed by atoms with Crippen molar-refractivity contribution < 1.29 is 9.53 Å². The van der Waals surface area contributed by atoms with E-state index in [1.54, 1.807) is 0 Å². The summed E-state index contributed by atoms with van der Waals surface area (Å²) in [4.78, 5) is 11.2. The number of ether oxygens (including phenoxy) is 1. The highest BCUT2D eigenvalue weighted by atomic mass is 16.5. The summed E-state index contributed by atoms with van der Waals surface area (Å²) in [5, 5.41) is 0. The molecule has 0 aromatic carbocycles. The molecule has 2 heteroatoms. The van der Waals surface area contributed by atoms with Crippen molar-refractivity contribution >= 4 is 5.97 Å². The summed E-state index contributed by atoms with van der Waals surface area (Å²) in [5.74, 6) is -0.0176. The van der Waals surface area contributed by atoms with Crippen molar-refractivity contribution in [2.75, 3.05) is 6.61 Å². The molecule has 1 rings (SSSR count). The van der Waals surface area contributed by atoms with Crippen LogP contribution in [0.15, 0.2) is 12.2 Å². The minimum atomic E-state index is -0.0176. The van der Waals surface area contributed by atoms with Crippen LogP contribution in [0.1, 0.15) is 57.8 Å². The zero-order valence-electron chi connectivity index (χ0n) is 9.54. The van der Waals surface area contributed by atoms with Crippen LogP contribution < -0.4 is 0 Å². The Morgan fingerprint density at radius 3 is 2.33 bits per heavy atom. The first kappa shape index (κ1) is 12.3. The van der Waals surface area contributed by atoms with E-state index in [2.05, 4.69) is 12.2 Å². The van der Waals surface area contributed by atoms with Crippen molar-refractivity contribution in [2.24, 2.45) is 0 Å². The summed E-state index contributed by atoms with van der Waals surface area (Å²) in [6, 6.07) is 0. The third-order valence-electron chi connectivity index (χ3n) is 2.70. The molecule has 86 valence electrons. The lowest BCUT2D eigenvalue weighted by molar-refractivity contribution is -0.143. The second-order valence-electron chi connectivity index (χ2n) is 4.14. The highest BCUT2D eigenvalue weighted by molar-refractivity contribution is 5.69. The standard InChI is InChI=1S/C13H22O2/c14-13-11-9-7-5-3-1-2-4-6-8-10-12-15-13/h1,3H,2,4-12H2/b3-1+. The van der Waals surface area contributed by atoms with Gasteiger partial charge in [-0.05, 0) is 38.5 Å². The van der Waals surface area contributed by atoms with Crippen molar-refractivity contribution in [1.82, 2.24) is 0 Å². The number of hydrogen-bond donors (Lipinski definition) is 0. The summed E-state index contributed by atoms with van der Waals surface area (Å²) in [6.45, 7) is 0.620. The molecule has 0 atom stereocenters.